The first-order valence-electron chi connectivity index (χ1n) is 6.31. The van der Waals surface area contributed by atoms with E-state index in [1.807, 2.05) is 32.1 Å². The highest BCUT2D eigenvalue weighted by molar-refractivity contribution is 7.16. The number of anilines is 1. The highest BCUT2D eigenvalue weighted by Gasteiger charge is 2.15. The molecule has 0 atom stereocenters. The predicted octanol–water partition coefficient (Wildman–Crippen LogP) is 4.16. The summed E-state index contributed by atoms with van der Waals surface area (Å²) in [5.41, 5.74) is 1.90. The fourth-order valence-corrected chi connectivity index (χ4v) is 2.87. The van der Waals surface area contributed by atoms with Gasteiger partial charge in [0, 0.05) is 29.6 Å². The third kappa shape index (κ3) is 3.76. The first-order valence-corrected chi connectivity index (χ1v) is 7.12. The Morgan fingerprint density at radius 3 is 2.82 bits per heavy atom. The van der Waals surface area contributed by atoms with E-state index >= 15 is 0 Å². The van der Waals surface area contributed by atoms with Gasteiger partial charge in [0.2, 0.25) is 5.88 Å². The molecule has 0 saturated carbocycles. The van der Waals surface area contributed by atoms with E-state index in [-0.39, 0.29) is 36.7 Å². The molecule has 0 radical (unpaired) electrons. The summed E-state index contributed by atoms with van der Waals surface area (Å²) in [4.78, 5) is 13.3. The molecule has 3 heterocycles. The fraction of sp³-hybridized carbons (Fsp3) is 0.214. The number of hydrogen-bond donors (Lipinski definition) is 2. The molecule has 5 nitrogen and oxygen atoms in total. The van der Waals surface area contributed by atoms with Crippen molar-refractivity contribution in [3.05, 3.63) is 28.8 Å². The number of thiazole rings is 1. The lowest BCUT2D eigenvalue weighted by atomic mass is 10.1. The Hall–Kier alpha value is -1.63. The van der Waals surface area contributed by atoms with Crippen molar-refractivity contribution in [1.82, 2.24) is 9.97 Å². The standard InChI is InChI=1S/C14H14N4OS.2ClH/c1-8(2)17-14-18-13(19)11(20-14)6-9-7-16-12-10(9)4-3-5-15-12;;/h3-8,19H,1-2H3,(H,17,18);2*1H/b9-6+;;. The van der Waals surface area contributed by atoms with Crippen molar-refractivity contribution in [3.8, 4) is 5.88 Å². The van der Waals surface area contributed by atoms with E-state index in [1.54, 1.807) is 12.4 Å². The number of rotatable bonds is 3. The maximum Gasteiger partial charge on any atom is 0.231 e. The molecule has 2 aromatic rings. The minimum Gasteiger partial charge on any atom is -0.492 e. The predicted molar refractivity (Wildman–Crippen MR) is 97.3 cm³/mol. The van der Waals surface area contributed by atoms with Gasteiger partial charge in [0.25, 0.3) is 0 Å². The largest absolute Gasteiger partial charge is 0.492 e. The van der Waals surface area contributed by atoms with E-state index in [0.717, 1.165) is 11.1 Å². The molecule has 0 aromatic carbocycles. The molecule has 0 amide bonds. The number of halogens is 2. The lowest BCUT2D eigenvalue weighted by molar-refractivity contribution is 0.456. The van der Waals surface area contributed by atoms with E-state index in [2.05, 4.69) is 20.3 Å². The Kier molecular flexibility index (Phi) is 6.34. The Balaban J connectivity index is 0.00000121. The highest BCUT2D eigenvalue weighted by atomic mass is 35.5. The van der Waals surface area contributed by atoms with Crippen molar-refractivity contribution < 1.29 is 5.11 Å². The highest BCUT2D eigenvalue weighted by Crippen LogP contribution is 2.35. The third-order valence-electron chi connectivity index (χ3n) is 2.76. The van der Waals surface area contributed by atoms with E-state index in [4.69, 9.17) is 0 Å². The zero-order valence-corrected chi connectivity index (χ0v) is 14.4. The van der Waals surface area contributed by atoms with E-state index in [9.17, 15) is 5.11 Å². The summed E-state index contributed by atoms with van der Waals surface area (Å²) in [7, 11) is 0. The number of aliphatic imine (C=N–C) groups is 1. The van der Waals surface area contributed by atoms with Crippen molar-refractivity contribution in [3.63, 3.8) is 0 Å². The smallest absolute Gasteiger partial charge is 0.231 e. The average molecular weight is 359 g/mol. The summed E-state index contributed by atoms with van der Waals surface area (Å²) >= 11 is 1.42. The summed E-state index contributed by atoms with van der Waals surface area (Å²) in [5.74, 6) is 0.750. The van der Waals surface area contributed by atoms with Crippen molar-refractivity contribution >= 4 is 65.0 Å². The normalized spacial score (nSPS) is 13.7. The van der Waals surface area contributed by atoms with Crippen LogP contribution in [-0.2, 0) is 0 Å². The second kappa shape index (κ2) is 7.58. The number of allylic oxidation sites excluding steroid dienone is 1. The van der Waals surface area contributed by atoms with E-state index < -0.39 is 0 Å². The van der Waals surface area contributed by atoms with Crippen LogP contribution in [0.5, 0.6) is 5.88 Å². The van der Waals surface area contributed by atoms with Gasteiger partial charge < -0.3 is 10.4 Å². The molecule has 8 heteroatoms. The molecule has 2 N–H and O–H groups in total. The minimum absolute atomic E-state index is 0. The number of pyridine rings is 1. The van der Waals surface area contributed by atoms with Crippen molar-refractivity contribution in [2.75, 3.05) is 5.32 Å². The lowest BCUT2D eigenvalue weighted by Gasteiger charge is -2.03. The van der Waals surface area contributed by atoms with Gasteiger partial charge in [-0.3, -0.25) is 0 Å². The Morgan fingerprint density at radius 1 is 1.32 bits per heavy atom. The van der Waals surface area contributed by atoms with E-state index in [0.29, 0.717) is 15.8 Å². The summed E-state index contributed by atoms with van der Waals surface area (Å²) in [6.07, 6.45) is 5.36. The van der Waals surface area contributed by atoms with Gasteiger partial charge in [0.05, 0.1) is 4.88 Å². The first kappa shape index (κ1) is 18.4. The Labute approximate surface area is 145 Å². The summed E-state index contributed by atoms with van der Waals surface area (Å²) in [5, 5.41) is 13.8. The number of nitrogens with one attached hydrogen (secondary N) is 1. The molecule has 0 spiro atoms. The van der Waals surface area contributed by atoms with Crippen LogP contribution >= 0.6 is 36.2 Å². The number of fused-ring (bicyclic) bond motifs is 1. The molecule has 0 fully saturated rings. The zero-order valence-electron chi connectivity index (χ0n) is 12.0. The van der Waals surface area contributed by atoms with Crippen LogP contribution in [0.25, 0.3) is 11.6 Å². The van der Waals surface area contributed by atoms with Gasteiger partial charge in [-0.15, -0.1) is 24.8 Å². The first-order chi connectivity index (χ1) is 9.63. The molecule has 0 saturated heterocycles. The summed E-state index contributed by atoms with van der Waals surface area (Å²) in [6.45, 7) is 4.06. The number of aromatic nitrogens is 2. The van der Waals surface area contributed by atoms with Gasteiger partial charge in [-0.25, -0.2) is 9.98 Å². The molecule has 0 unspecified atom stereocenters. The van der Waals surface area contributed by atoms with Gasteiger partial charge in [-0.05, 0) is 32.1 Å². The van der Waals surface area contributed by atoms with Crippen LogP contribution < -0.4 is 5.32 Å². The Morgan fingerprint density at radius 2 is 2.09 bits per heavy atom. The molecule has 22 heavy (non-hydrogen) atoms. The maximum absolute atomic E-state index is 9.91. The van der Waals surface area contributed by atoms with Crippen LogP contribution in [0.3, 0.4) is 0 Å². The number of nitrogens with zero attached hydrogens (tertiary/aromatic N) is 3. The molecule has 0 bridgehead atoms. The van der Waals surface area contributed by atoms with Crippen molar-refractivity contribution in [2.45, 2.75) is 19.9 Å². The van der Waals surface area contributed by atoms with Gasteiger partial charge in [0.15, 0.2) is 10.9 Å². The lowest BCUT2D eigenvalue weighted by Crippen LogP contribution is -2.08. The summed E-state index contributed by atoms with van der Waals surface area (Å²) in [6, 6.07) is 4.12. The Bertz CT molecular complexity index is 713. The number of hydrogen-bond acceptors (Lipinski definition) is 6. The second-order valence-corrected chi connectivity index (χ2v) is 5.77. The van der Waals surface area contributed by atoms with Crippen LogP contribution in [0.1, 0.15) is 24.3 Å². The molecular formula is C14H16Cl2N4OS. The van der Waals surface area contributed by atoms with Crippen LogP contribution in [-0.4, -0.2) is 27.3 Å². The van der Waals surface area contributed by atoms with Crippen LogP contribution in [0.4, 0.5) is 10.9 Å². The molecule has 1 aliphatic heterocycles. The molecule has 118 valence electrons. The molecule has 1 aliphatic rings. The monoisotopic (exact) mass is 358 g/mol. The van der Waals surface area contributed by atoms with Crippen molar-refractivity contribution in [2.24, 2.45) is 4.99 Å². The minimum atomic E-state index is 0. The maximum atomic E-state index is 9.91. The summed E-state index contributed by atoms with van der Waals surface area (Å²) < 4.78 is 0. The van der Waals surface area contributed by atoms with Crippen molar-refractivity contribution in [1.29, 1.82) is 0 Å². The molecule has 3 rings (SSSR count). The van der Waals surface area contributed by atoms with Gasteiger partial charge in [0.1, 0.15) is 0 Å². The van der Waals surface area contributed by atoms with Gasteiger partial charge in [-0.1, -0.05) is 11.3 Å². The zero-order chi connectivity index (χ0) is 14.1. The second-order valence-electron chi connectivity index (χ2n) is 4.74. The SMILES string of the molecule is CC(C)Nc1nc(O)c(/C=C2\C=Nc3ncccc32)s1.Cl.Cl. The topological polar surface area (TPSA) is 70.4 Å². The van der Waals surface area contributed by atoms with Gasteiger partial charge >= 0.3 is 0 Å². The quantitative estimate of drug-likeness (QED) is 0.863. The third-order valence-corrected chi connectivity index (χ3v) is 3.68. The van der Waals surface area contributed by atoms with Crippen LogP contribution in [0.2, 0.25) is 0 Å². The average Bonchev–Trinajstić information content (AvgIpc) is 2.95. The van der Waals surface area contributed by atoms with E-state index in [1.165, 1.54) is 11.3 Å². The fourth-order valence-electron chi connectivity index (χ4n) is 1.91. The van der Waals surface area contributed by atoms with Crippen LogP contribution in [0, 0.1) is 0 Å². The van der Waals surface area contributed by atoms with Gasteiger partial charge in [-0.2, -0.15) is 4.98 Å². The molecular weight excluding hydrogens is 343 g/mol. The number of aromatic hydroxyl groups is 1. The molecule has 2 aromatic heterocycles. The van der Waals surface area contributed by atoms with Crippen LogP contribution in [0.15, 0.2) is 23.3 Å². The molecule has 0 aliphatic carbocycles.